The number of alkyl halides is 3. The van der Waals surface area contributed by atoms with E-state index in [4.69, 9.17) is 16.3 Å². The summed E-state index contributed by atoms with van der Waals surface area (Å²) in [7, 11) is 0. The third-order valence-electron chi connectivity index (χ3n) is 3.05. The maximum Gasteiger partial charge on any atom is 0.442 e. The fourth-order valence-corrected chi connectivity index (χ4v) is 2.84. The molecule has 0 saturated carbocycles. The Hall–Kier alpha value is -1.67. The first-order chi connectivity index (χ1) is 11.1. The number of imidazole rings is 1. The van der Waals surface area contributed by atoms with Crippen molar-refractivity contribution >= 4 is 29.1 Å². The SMILES string of the molecule is CC(C)(SC(F)(F)F)C(=O)C(Oc1ccc(Cl)cc1)n1ccnc1. The summed E-state index contributed by atoms with van der Waals surface area (Å²) in [6.45, 7) is 2.42. The van der Waals surface area contributed by atoms with Gasteiger partial charge in [-0.1, -0.05) is 11.6 Å². The summed E-state index contributed by atoms with van der Waals surface area (Å²) in [4.78, 5) is 16.5. The summed E-state index contributed by atoms with van der Waals surface area (Å²) in [5.74, 6) is -0.433. The van der Waals surface area contributed by atoms with Gasteiger partial charge in [-0.15, -0.1) is 0 Å². The van der Waals surface area contributed by atoms with Crippen molar-refractivity contribution in [3.05, 3.63) is 48.0 Å². The van der Waals surface area contributed by atoms with Gasteiger partial charge < -0.3 is 4.74 Å². The van der Waals surface area contributed by atoms with E-state index in [1.807, 2.05) is 0 Å². The zero-order valence-electron chi connectivity index (χ0n) is 12.7. The zero-order valence-corrected chi connectivity index (χ0v) is 14.3. The van der Waals surface area contributed by atoms with E-state index in [2.05, 4.69) is 4.98 Å². The average molecular weight is 379 g/mol. The third-order valence-corrected chi connectivity index (χ3v) is 4.24. The molecule has 0 fully saturated rings. The molecule has 0 aliphatic carbocycles. The number of carbonyl (C=O) groups excluding carboxylic acids is 1. The van der Waals surface area contributed by atoms with Crippen molar-refractivity contribution in [3.8, 4) is 5.75 Å². The highest BCUT2D eigenvalue weighted by molar-refractivity contribution is 8.02. The van der Waals surface area contributed by atoms with Crippen molar-refractivity contribution < 1.29 is 22.7 Å². The lowest BCUT2D eigenvalue weighted by atomic mass is 10.1. The largest absolute Gasteiger partial charge is 0.463 e. The van der Waals surface area contributed by atoms with Crippen molar-refractivity contribution in [2.45, 2.75) is 30.3 Å². The number of halogens is 4. The van der Waals surface area contributed by atoms with E-state index < -0.39 is 22.3 Å². The van der Waals surface area contributed by atoms with Gasteiger partial charge in [0.1, 0.15) is 5.75 Å². The van der Waals surface area contributed by atoms with Gasteiger partial charge in [-0.3, -0.25) is 9.36 Å². The van der Waals surface area contributed by atoms with Gasteiger partial charge in [-0.25, -0.2) is 4.98 Å². The molecule has 130 valence electrons. The molecular formula is C15H14ClF3N2O2S. The van der Waals surface area contributed by atoms with Crippen LogP contribution in [0.1, 0.15) is 20.1 Å². The summed E-state index contributed by atoms with van der Waals surface area (Å²) >= 11 is 5.41. The summed E-state index contributed by atoms with van der Waals surface area (Å²) < 4.78 is 43.4. The van der Waals surface area contributed by atoms with Crippen LogP contribution in [0.2, 0.25) is 5.02 Å². The molecule has 1 atom stereocenters. The Bertz CT molecular complexity index is 688. The predicted octanol–water partition coefficient (Wildman–Crippen LogP) is 4.71. The van der Waals surface area contributed by atoms with Gasteiger partial charge in [-0.2, -0.15) is 13.2 Å². The molecule has 0 N–H and O–H groups in total. The van der Waals surface area contributed by atoms with Crippen molar-refractivity contribution in [1.82, 2.24) is 9.55 Å². The molecule has 4 nitrogen and oxygen atoms in total. The molecule has 0 aliphatic heterocycles. The van der Waals surface area contributed by atoms with E-state index in [1.165, 1.54) is 49.3 Å². The third kappa shape index (κ3) is 4.91. The molecule has 0 spiro atoms. The number of nitrogens with zero attached hydrogens (tertiary/aromatic N) is 2. The van der Waals surface area contributed by atoms with Gasteiger partial charge in [0.25, 0.3) is 0 Å². The molecule has 1 unspecified atom stereocenters. The van der Waals surface area contributed by atoms with Crippen LogP contribution in [0, 0.1) is 0 Å². The maximum atomic E-state index is 12.7. The molecular weight excluding hydrogens is 365 g/mol. The minimum atomic E-state index is -4.54. The monoisotopic (exact) mass is 378 g/mol. The zero-order chi connectivity index (χ0) is 18.0. The fourth-order valence-electron chi connectivity index (χ4n) is 1.94. The summed E-state index contributed by atoms with van der Waals surface area (Å²) in [5, 5.41) is 0.473. The molecule has 1 aromatic heterocycles. The lowest BCUT2D eigenvalue weighted by Crippen LogP contribution is -2.39. The Morgan fingerprint density at radius 2 is 1.92 bits per heavy atom. The second kappa shape index (κ2) is 7.06. The van der Waals surface area contributed by atoms with Crippen molar-refractivity contribution in [2.24, 2.45) is 0 Å². The van der Waals surface area contributed by atoms with E-state index in [1.54, 1.807) is 12.1 Å². The minimum Gasteiger partial charge on any atom is -0.463 e. The maximum absolute atomic E-state index is 12.7. The second-order valence-electron chi connectivity index (χ2n) is 5.36. The summed E-state index contributed by atoms with van der Waals surface area (Å²) in [6, 6.07) is 6.18. The Morgan fingerprint density at radius 1 is 1.29 bits per heavy atom. The van der Waals surface area contributed by atoms with Crippen molar-refractivity contribution in [3.63, 3.8) is 0 Å². The first-order valence-electron chi connectivity index (χ1n) is 6.79. The Balaban J connectivity index is 2.29. The van der Waals surface area contributed by atoms with Gasteiger partial charge in [0.2, 0.25) is 12.0 Å². The van der Waals surface area contributed by atoms with Crippen molar-refractivity contribution in [1.29, 1.82) is 0 Å². The van der Waals surface area contributed by atoms with Gasteiger partial charge in [-0.05, 0) is 49.9 Å². The molecule has 0 radical (unpaired) electrons. The highest BCUT2D eigenvalue weighted by Gasteiger charge is 2.45. The van der Waals surface area contributed by atoms with Crippen molar-refractivity contribution in [2.75, 3.05) is 0 Å². The molecule has 2 rings (SSSR count). The van der Waals surface area contributed by atoms with Crippen LogP contribution < -0.4 is 4.74 Å². The molecule has 24 heavy (non-hydrogen) atoms. The van der Waals surface area contributed by atoms with Crippen LogP contribution in [-0.2, 0) is 4.79 Å². The second-order valence-corrected chi connectivity index (χ2v) is 7.48. The number of ketones is 1. The van der Waals surface area contributed by atoms with Crippen LogP contribution in [0.25, 0.3) is 0 Å². The standard InChI is InChI=1S/C15H14ClF3N2O2S/c1-14(2,24-15(17,18)19)12(22)13(21-8-7-20-9-21)23-11-5-3-10(16)4-6-11/h3-9,13H,1-2H3. The van der Waals surface area contributed by atoms with Crippen LogP contribution in [0.3, 0.4) is 0 Å². The number of carbonyl (C=O) groups is 1. The summed E-state index contributed by atoms with van der Waals surface area (Å²) in [6.07, 6.45) is 2.90. The van der Waals surface area contributed by atoms with E-state index in [-0.39, 0.29) is 11.8 Å². The Labute approximate surface area is 146 Å². The highest BCUT2D eigenvalue weighted by Crippen LogP contribution is 2.42. The van der Waals surface area contributed by atoms with Crippen LogP contribution in [0.5, 0.6) is 5.75 Å². The summed E-state index contributed by atoms with van der Waals surface area (Å²) in [5.41, 5.74) is -4.54. The Morgan fingerprint density at radius 3 is 2.42 bits per heavy atom. The molecule has 9 heteroatoms. The topological polar surface area (TPSA) is 44.1 Å². The van der Waals surface area contributed by atoms with Crippen LogP contribution in [0.4, 0.5) is 13.2 Å². The molecule has 1 heterocycles. The van der Waals surface area contributed by atoms with E-state index in [0.29, 0.717) is 10.8 Å². The number of hydrogen-bond acceptors (Lipinski definition) is 4. The number of Topliss-reactive ketones (excluding diaryl/α,β-unsaturated/α-hetero) is 1. The van der Waals surface area contributed by atoms with Gasteiger partial charge in [0.15, 0.2) is 0 Å². The first-order valence-corrected chi connectivity index (χ1v) is 7.99. The van der Waals surface area contributed by atoms with Gasteiger partial charge in [0, 0.05) is 17.4 Å². The van der Waals surface area contributed by atoms with Gasteiger partial charge >= 0.3 is 5.51 Å². The fraction of sp³-hybridized carbons (Fsp3) is 0.333. The lowest BCUT2D eigenvalue weighted by molar-refractivity contribution is -0.131. The Kier molecular flexibility index (Phi) is 5.49. The molecule has 0 bridgehead atoms. The van der Waals surface area contributed by atoms with Crippen LogP contribution in [-0.4, -0.2) is 25.6 Å². The van der Waals surface area contributed by atoms with Gasteiger partial charge in [0.05, 0.1) is 11.1 Å². The number of rotatable bonds is 6. The van der Waals surface area contributed by atoms with E-state index in [0.717, 1.165) is 0 Å². The number of hydrogen-bond donors (Lipinski definition) is 0. The van der Waals surface area contributed by atoms with Crippen LogP contribution >= 0.6 is 23.4 Å². The lowest BCUT2D eigenvalue weighted by Gasteiger charge is -2.29. The number of benzene rings is 1. The smallest absolute Gasteiger partial charge is 0.442 e. The van der Waals surface area contributed by atoms with E-state index >= 15 is 0 Å². The minimum absolute atomic E-state index is 0.305. The molecule has 0 saturated heterocycles. The average Bonchev–Trinajstić information content (AvgIpc) is 2.97. The number of thioether (sulfide) groups is 1. The molecule has 0 amide bonds. The van der Waals surface area contributed by atoms with E-state index in [9.17, 15) is 18.0 Å². The molecule has 0 aliphatic rings. The molecule has 2 aromatic rings. The highest BCUT2D eigenvalue weighted by atomic mass is 35.5. The predicted molar refractivity (Wildman–Crippen MR) is 86.1 cm³/mol. The molecule has 1 aromatic carbocycles. The number of ether oxygens (including phenoxy) is 1. The normalized spacial score (nSPS) is 13.6. The number of aromatic nitrogens is 2. The first kappa shape index (κ1) is 18.7. The quantitative estimate of drug-likeness (QED) is 0.729. The van der Waals surface area contributed by atoms with Crippen LogP contribution in [0.15, 0.2) is 43.0 Å².